The molecule has 2 amide bonds. The van der Waals surface area contributed by atoms with Crippen molar-refractivity contribution in [3.63, 3.8) is 0 Å². The van der Waals surface area contributed by atoms with Crippen molar-refractivity contribution in [3.8, 4) is 0 Å². The number of carbonyl (C=O) groups excluding carboxylic acids is 6. The third kappa shape index (κ3) is 15.8. The summed E-state index contributed by atoms with van der Waals surface area (Å²) in [6.07, 6.45) is 1.37. The van der Waals surface area contributed by atoms with Crippen LogP contribution in [0.3, 0.4) is 0 Å². The molecular weight excluding hydrogens is 368 g/mol. The van der Waals surface area contributed by atoms with Gasteiger partial charge in [0.05, 0.1) is 6.54 Å². The minimum Gasteiger partial charge on any atom is -0.366 e. The number of Topliss-reactive ketones (excluding diaryl/α,β-unsaturated/α-hetero) is 4. The Labute approximate surface area is 164 Å². The maximum atomic E-state index is 11.7. The second-order valence-corrected chi connectivity index (χ2v) is 6.39. The molecule has 9 nitrogen and oxygen atoms in total. The van der Waals surface area contributed by atoms with Gasteiger partial charge in [-0.15, -0.1) is 0 Å². The molecule has 0 aliphatic rings. The van der Waals surface area contributed by atoms with Crippen molar-refractivity contribution in [1.82, 2.24) is 10.6 Å². The first kappa shape index (κ1) is 25.6. The van der Waals surface area contributed by atoms with Gasteiger partial charge in [0, 0.05) is 45.1 Å². The third-order valence-electron chi connectivity index (χ3n) is 3.66. The van der Waals surface area contributed by atoms with E-state index in [0.29, 0.717) is 25.8 Å². The highest BCUT2D eigenvalue weighted by Crippen LogP contribution is 1.96. The molecule has 0 aliphatic carbocycles. The third-order valence-corrected chi connectivity index (χ3v) is 3.66. The normalized spacial score (nSPS) is 10.2. The molecule has 0 saturated heterocycles. The highest BCUT2D eigenvalue weighted by Gasteiger charge is 2.11. The fraction of sp³-hybridized carbons (Fsp3) is 0.684. The molecule has 0 aliphatic heterocycles. The number of ketones is 4. The predicted molar refractivity (Wildman–Crippen MR) is 101 cm³/mol. The zero-order valence-corrected chi connectivity index (χ0v) is 16.6. The van der Waals surface area contributed by atoms with Crippen molar-refractivity contribution in [3.05, 3.63) is 0 Å². The van der Waals surface area contributed by atoms with Crippen LogP contribution in [0.2, 0.25) is 0 Å². The van der Waals surface area contributed by atoms with Crippen LogP contribution in [-0.4, -0.2) is 61.3 Å². The molecule has 158 valence electrons. The maximum Gasteiger partial charge on any atom is 0.220 e. The Morgan fingerprint density at radius 1 is 0.714 bits per heavy atom. The Hall–Kier alpha value is -2.42. The number of nitrogens with one attached hydrogen (secondary N) is 2. The molecule has 0 saturated carbocycles. The van der Waals surface area contributed by atoms with Crippen LogP contribution in [0.1, 0.15) is 58.8 Å². The molecule has 0 spiro atoms. The standard InChI is InChI=1S/C19H30N2O7/c1-3-15(23)5-4-10-20-18(26)8-6-16(24)11-21-19(27)9-7-17(25)13-28-12-14(2)22/h3-13H2,1-2H3,(H,20,26)(H,21,27). The monoisotopic (exact) mass is 398 g/mol. The van der Waals surface area contributed by atoms with Crippen LogP contribution in [0.25, 0.3) is 0 Å². The van der Waals surface area contributed by atoms with E-state index in [4.69, 9.17) is 4.74 Å². The van der Waals surface area contributed by atoms with E-state index in [1.165, 1.54) is 6.92 Å². The molecule has 0 aromatic rings. The van der Waals surface area contributed by atoms with Gasteiger partial charge in [-0.3, -0.25) is 28.8 Å². The predicted octanol–water partition coefficient (Wildman–Crippen LogP) is 0.282. The molecule has 9 heteroatoms. The summed E-state index contributed by atoms with van der Waals surface area (Å²) < 4.78 is 4.85. The topological polar surface area (TPSA) is 136 Å². The molecule has 0 atom stereocenters. The first-order chi connectivity index (χ1) is 13.2. The van der Waals surface area contributed by atoms with Crippen molar-refractivity contribution in [2.75, 3.05) is 26.3 Å². The van der Waals surface area contributed by atoms with Crippen LogP contribution in [-0.2, 0) is 33.5 Å². The van der Waals surface area contributed by atoms with Gasteiger partial charge in [0.15, 0.2) is 17.3 Å². The van der Waals surface area contributed by atoms with Crippen molar-refractivity contribution in [1.29, 1.82) is 0 Å². The summed E-state index contributed by atoms with van der Waals surface area (Å²) in [4.78, 5) is 68.2. The average Bonchev–Trinajstić information content (AvgIpc) is 2.65. The number of ether oxygens (including phenoxy) is 1. The van der Waals surface area contributed by atoms with Gasteiger partial charge < -0.3 is 15.4 Å². The highest BCUT2D eigenvalue weighted by molar-refractivity contribution is 5.90. The molecule has 0 heterocycles. The molecule has 0 bridgehead atoms. The first-order valence-corrected chi connectivity index (χ1v) is 9.40. The second-order valence-electron chi connectivity index (χ2n) is 6.39. The number of hydrogen-bond donors (Lipinski definition) is 2. The summed E-state index contributed by atoms with van der Waals surface area (Å²) >= 11 is 0. The van der Waals surface area contributed by atoms with E-state index in [9.17, 15) is 28.8 Å². The van der Waals surface area contributed by atoms with Crippen LogP contribution in [0.5, 0.6) is 0 Å². The van der Waals surface area contributed by atoms with Gasteiger partial charge in [-0.25, -0.2) is 0 Å². The smallest absolute Gasteiger partial charge is 0.220 e. The molecule has 0 aromatic carbocycles. The van der Waals surface area contributed by atoms with E-state index in [1.54, 1.807) is 6.92 Å². The average molecular weight is 398 g/mol. The fourth-order valence-electron chi connectivity index (χ4n) is 2.04. The lowest BCUT2D eigenvalue weighted by Gasteiger charge is -2.06. The lowest BCUT2D eigenvalue weighted by Crippen LogP contribution is -2.31. The second kappa shape index (κ2) is 15.6. The summed E-state index contributed by atoms with van der Waals surface area (Å²) in [5.74, 6) is -1.37. The van der Waals surface area contributed by atoms with Gasteiger partial charge in [0.2, 0.25) is 11.8 Å². The Balaban J connectivity index is 3.75. The van der Waals surface area contributed by atoms with E-state index in [1.807, 2.05) is 0 Å². The lowest BCUT2D eigenvalue weighted by atomic mass is 10.1. The van der Waals surface area contributed by atoms with Gasteiger partial charge in [0.25, 0.3) is 0 Å². The van der Waals surface area contributed by atoms with Crippen LogP contribution >= 0.6 is 0 Å². The van der Waals surface area contributed by atoms with Gasteiger partial charge in [-0.05, 0) is 13.3 Å². The first-order valence-electron chi connectivity index (χ1n) is 9.40. The van der Waals surface area contributed by atoms with Crippen LogP contribution < -0.4 is 10.6 Å². The molecule has 0 fully saturated rings. The zero-order chi connectivity index (χ0) is 21.4. The minimum atomic E-state index is -0.446. The molecule has 0 unspecified atom stereocenters. The largest absolute Gasteiger partial charge is 0.366 e. The van der Waals surface area contributed by atoms with Gasteiger partial charge in [-0.1, -0.05) is 6.92 Å². The summed E-state index contributed by atoms with van der Waals surface area (Å²) in [5, 5.41) is 5.04. The molecule has 0 radical (unpaired) electrons. The van der Waals surface area contributed by atoms with Crippen LogP contribution in [0.4, 0.5) is 0 Å². The SMILES string of the molecule is CCC(=O)CCCNC(=O)CCC(=O)CNC(=O)CCC(=O)COCC(C)=O. The van der Waals surface area contributed by atoms with Crippen molar-refractivity contribution in [2.24, 2.45) is 0 Å². The van der Waals surface area contributed by atoms with Crippen molar-refractivity contribution >= 4 is 34.9 Å². The molecule has 2 N–H and O–H groups in total. The molecule has 28 heavy (non-hydrogen) atoms. The fourth-order valence-corrected chi connectivity index (χ4v) is 2.04. The number of rotatable bonds is 17. The van der Waals surface area contributed by atoms with E-state index < -0.39 is 5.91 Å². The van der Waals surface area contributed by atoms with Crippen molar-refractivity contribution in [2.45, 2.75) is 58.8 Å². The maximum absolute atomic E-state index is 11.7. The van der Waals surface area contributed by atoms with Crippen molar-refractivity contribution < 1.29 is 33.5 Å². The highest BCUT2D eigenvalue weighted by atomic mass is 16.5. The van der Waals surface area contributed by atoms with Gasteiger partial charge in [0.1, 0.15) is 19.0 Å². The van der Waals surface area contributed by atoms with E-state index in [2.05, 4.69) is 10.6 Å². The Morgan fingerprint density at radius 2 is 1.32 bits per heavy atom. The van der Waals surface area contributed by atoms with Crippen LogP contribution in [0.15, 0.2) is 0 Å². The zero-order valence-electron chi connectivity index (χ0n) is 16.6. The lowest BCUT2D eigenvalue weighted by molar-refractivity contribution is -0.130. The quantitative estimate of drug-likeness (QED) is 0.336. The summed E-state index contributed by atoms with van der Waals surface area (Å²) in [6.45, 7) is 2.94. The van der Waals surface area contributed by atoms with E-state index in [0.717, 1.165) is 0 Å². The molecule has 0 aromatic heterocycles. The minimum absolute atomic E-state index is 0.00216. The Morgan fingerprint density at radius 3 is 1.93 bits per heavy atom. The van der Waals surface area contributed by atoms with E-state index >= 15 is 0 Å². The van der Waals surface area contributed by atoms with E-state index in [-0.39, 0.29) is 74.5 Å². The van der Waals surface area contributed by atoms with Gasteiger partial charge >= 0.3 is 0 Å². The summed E-state index contributed by atoms with van der Waals surface area (Å²) in [7, 11) is 0. The Kier molecular flexibility index (Phi) is 14.3. The number of carbonyl (C=O) groups is 6. The van der Waals surface area contributed by atoms with Gasteiger partial charge in [-0.2, -0.15) is 0 Å². The Bertz CT molecular complexity index is 573. The summed E-state index contributed by atoms with van der Waals surface area (Å²) in [5.41, 5.74) is 0. The number of hydrogen-bond acceptors (Lipinski definition) is 7. The molecule has 0 rings (SSSR count). The van der Waals surface area contributed by atoms with Crippen LogP contribution in [0, 0.1) is 0 Å². The number of amides is 2. The molecular formula is C19H30N2O7. The summed E-state index contributed by atoms with van der Waals surface area (Å²) in [6, 6.07) is 0.